The zero-order chi connectivity index (χ0) is 10.6. The van der Waals surface area contributed by atoms with Crippen molar-refractivity contribution in [2.24, 2.45) is 0 Å². The van der Waals surface area contributed by atoms with Gasteiger partial charge in [-0.25, -0.2) is 0 Å². The van der Waals surface area contributed by atoms with Crippen molar-refractivity contribution >= 4 is 11.8 Å². The van der Waals surface area contributed by atoms with Gasteiger partial charge in [-0.05, 0) is 18.2 Å². The molecule has 4 nitrogen and oxygen atoms in total. The molecular weight excluding hydrogens is 180 g/mol. The molecule has 1 aliphatic heterocycles. The second kappa shape index (κ2) is 4.41. The van der Waals surface area contributed by atoms with Crippen molar-refractivity contribution in [3.8, 4) is 0 Å². The molecule has 0 aromatic rings. The molecule has 0 radical (unpaired) electrons. The van der Waals surface area contributed by atoms with E-state index in [0.29, 0.717) is 6.54 Å². The normalized spacial score (nSPS) is 15.1. The molecule has 0 saturated carbocycles. The number of hydrogen-bond donors (Lipinski definition) is 0. The molecule has 0 aromatic heterocycles. The molecule has 0 N–H and O–H groups in total. The van der Waals surface area contributed by atoms with E-state index in [4.69, 9.17) is 0 Å². The molecule has 0 atom stereocenters. The predicted octanol–water partition coefficient (Wildman–Crippen LogP) is 0.500. The van der Waals surface area contributed by atoms with E-state index in [1.807, 2.05) is 0 Å². The minimum absolute atomic E-state index is 0.184. The smallest absolute Gasteiger partial charge is 0.251 e. The average Bonchev–Trinajstić information content (AvgIpc) is 2.27. The van der Waals surface area contributed by atoms with E-state index in [0.717, 1.165) is 0 Å². The highest BCUT2D eigenvalue weighted by Crippen LogP contribution is 2.04. The van der Waals surface area contributed by atoms with Crippen LogP contribution in [0.3, 0.4) is 0 Å². The van der Waals surface area contributed by atoms with Gasteiger partial charge in [0.25, 0.3) is 5.91 Å². The lowest BCUT2D eigenvalue weighted by molar-refractivity contribution is -0.132. The van der Waals surface area contributed by atoms with Gasteiger partial charge in [0.05, 0.1) is 0 Å². The summed E-state index contributed by atoms with van der Waals surface area (Å²) in [5.74, 6) is -0.404. The van der Waals surface area contributed by atoms with Crippen LogP contribution < -0.4 is 0 Å². The SMILES string of the molecule is C=CC(=O)N1C=CCN(C(=O)C=C)C1. The zero-order valence-electron chi connectivity index (χ0n) is 7.85. The van der Waals surface area contributed by atoms with E-state index in [1.54, 1.807) is 12.3 Å². The second-order valence-electron chi connectivity index (χ2n) is 2.80. The third-order valence-corrected chi connectivity index (χ3v) is 1.88. The van der Waals surface area contributed by atoms with Gasteiger partial charge in [-0.2, -0.15) is 0 Å². The van der Waals surface area contributed by atoms with Gasteiger partial charge in [-0.15, -0.1) is 0 Å². The van der Waals surface area contributed by atoms with Gasteiger partial charge in [0.1, 0.15) is 6.67 Å². The summed E-state index contributed by atoms with van der Waals surface area (Å²) < 4.78 is 0. The van der Waals surface area contributed by atoms with E-state index in [2.05, 4.69) is 13.2 Å². The van der Waals surface area contributed by atoms with Crippen molar-refractivity contribution in [1.29, 1.82) is 0 Å². The van der Waals surface area contributed by atoms with Gasteiger partial charge >= 0.3 is 0 Å². The molecule has 14 heavy (non-hydrogen) atoms. The lowest BCUT2D eigenvalue weighted by atomic mass is 10.3. The first-order valence-corrected chi connectivity index (χ1v) is 4.20. The van der Waals surface area contributed by atoms with Crippen LogP contribution in [0.4, 0.5) is 0 Å². The molecule has 4 heteroatoms. The summed E-state index contributed by atoms with van der Waals surface area (Å²) in [5, 5.41) is 0. The maximum Gasteiger partial charge on any atom is 0.251 e. The van der Waals surface area contributed by atoms with E-state index >= 15 is 0 Å². The van der Waals surface area contributed by atoms with Crippen LogP contribution in [0.2, 0.25) is 0 Å². The van der Waals surface area contributed by atoms with Gasteiger partial charge in [-0.1, -0.05) is 13.2 Å². The van der Waals surface area contributed by atoms with Gasteiger partial charge in [0, 0.05) is 12.7 Å². The van der Waals surface area contributed by atoms with Crippen molar-refractivity contribution in [3.05, 3.63) is 37.6 Å². The Labute approximate surface area is 82.8 Å². The number of hydrogen-bond acceptors (Lipinski definition) is 2. The van der Waals surface area contributed by atoms with Gasteiger partial charge < -0.3 is 4.90 Å². The van der Waals surface area contributed by atoms with E-state index < -0.39 is 0 Å². The largest absolute Gasteiger partial charge is 0.317 e. The minimum atomic E-state index is -0.220. The number of carbonyl (C=O) groups is 2. The predicted molar refractivity (Wildman–Crippen MR) is 53.0 cm³/mol. The Morgan fingerprint density at radius 2 is 1.86 bits per heavy atom. The Morgan fingerprint density at radius 1 is 1.21 bits per heavy atom. The molecule has 0 unspecified atom stereocenters. The maximum absolute atomic E-state index is 11.2. The van der Waals surface area contributed by atoms with Crippen LogP contribution >= 0.6 is 0 Å². The molecule has 0 aromatic carbocycles. The fraction of sp³-hybridized carbons (Fsp3) is 0.200. The van der Waals surface area contributed by atoms with Crippen molar-refractivity contribution in [1.82, 2.24) is 9.80 Å². The van der Waals surface area contributed by atoms with Crippen LogP contribution in [-0.2, 0) is 9.59 Å². The van der Waals surface area contributed by atoms with Gasteiger partial charge in [0.2, 0.25) is 5.91 Å². The van der Waals surface area contributed by atoms with Crippen LogP contribution in [0.15, 0.2) is 37.6 Å². The van der Waals surface area contributed by atoms with Crippen LogP contribution in [0.25, 0.3) is 0 Å². The summed E-state index contributed by atoms with van der Waals surface area (Å²) in [5.41, 5.74) is 0. The standard InChI is InChI=1S/C10H12N2O2/c1-3-9(13)11-6-5-7-12(8-11)10(14)4-2/h3-6H,1-2,7-8H2. The summed E-state index contributed by atoms with van der Waals surface area (Å²) >= 11 is 0. The molecular formula is C10H12N2O2. The van der Waals surface area contributed by atoms with Crippen LogP contribution in [0.5, 0.6) is 0 Å². The Balaban J connectivity index is 2.69. The fourth-order valence-corrected chi connectivity index (χ4v) is 1.14. The third kappa shape index (κ3) is 2.10. The topological polar surface area (TPSA) is 40.6 Å². The highest BCUT2D eigenvalue weighted by molar-refractivity contribution is 5.90. The Bertz CT molecular complexity index is 307. The highest BCUT2D eigenvalue weighted by atomic mass is 16.2. The lowest BCUT2D eigenvalue weighted by Gasteiger charge is -2.29. The van der Waals surface area contributed by atoms with E-state index in [9.17, 15) is 9.59 Å². The van der Waals surface area contributed by atoms with Crippen molar-refractivity contribution < 1.29 is 9.59 Å². The fourth-order valence-electron chi connectivity index (χ4n) is 1.14. The van der Waals surface area contributed by atoms with Crippen LogP contribution in [0, 0.1) is 0 Å². The molecule has 1 heterocycles. The summed E-state index contributed by atoms with van der Waals surface area (Å²) in [4.78, 5) is 25.4. The first-order valence-electron chi connectivity index (χ1n) is 4.20. The molecule has 2 amide bonds. The quantitative estimate of drug-likeness (QED) is 0.598. The Hall–Kier alpha value is -1.84. The first-order chi connectivity index (χ1) is 6.69. The van der Waals surface area contributed by atoms with Crippen molar-refractivity contribution in [3.63, 3.8) is 0 Å². The number of carbonyl (C=O) groups excluding carboxylic acids is 2. The zero-order valence-corrected chi connectivity index (χ0v) is 7.85. The van der Waals surface area contributed by atoms with Crippen LogP contribution in [0.1, 0.15) is 0 Å². The van der Waals surface area contributed by atoms with Crippen molar-refractivity contribution in [2.75, 3.05) is 13.2 Å². The summed E-state index contributed by atoms with van der Waals surface area (Å²) in [7, 11) is 0. The third-order valence-electron chi connectivity index (χ3n) is 1.88. The molecule has 0 bridgehead atoms. The van der Waals surface area contributed by atoms with E-state index in [-0.39, 0.29) is 18.5 Å². The Morgan fingerprint density at radius 3 is 2.43 bits per heavy atom. The van der Waals surface area contributed by atoms with Crippen molar-refractivity contribution in [2.45, 2.75) is 0 Å². The number of nitrogens with zero attached hydrogens (tertiary/aromatic N) is 2. The molecule has 1 aliphatic rings. The molecule has 1 rings (SSSR count). The number of amides is 2. The number of rotatable bonds is 2. The minimum Gasteiger partial charge on any atom is -0.317 e. The summed E-state index contributed by atoms with van der Waals surface area (Å²) in [6, 6.07) is 0. The Kier molecular flexibility index (Phi) is 3.23. The van der Waals surface area contributed by atoms with Gasteiger partial charge in [0.15, 0.2) is 0 Å². The molecule has 74 valence electrons. The summed E-state index contributed by atoms with van der Waals surface area (Å²) in [6.45, 7) is 7.53. The molecule has 0 aliphatic carbocycles. The van der Waals surface area contributed by atoms with E-state index in [1.165, 1.54) is 22.0 Å². The van der Waals surface area contributed by atoms with Gasteiger partial charge in [-0.3, -0.25) is 14.5 Å². The van der Waals surface area contributed by atoms with Crippen LogP contribution in [-0.4, -0.2) is 34.8 Å². The molecule has 0 fully saturated rings. The average molecular weight is 192 g/mol. The highest BCUT2D eigenvalue weighted by Gasteiger charge is 2.18. The monoisotopic (exact) mass is 192 g/mol. The second-order valence-corrected chi connectivity index (χ2v) is 2.80. The lowest BCUT2D eigenvalue weighted by Crippen LogP contribution is -2.43. The first kappa shape index (κ1) is 10.2. The molecule has 0 spiro atoms. The maximum atomic E-state index is 11.2. The molecule has 0 saturated heterocycles. The summed E-state index contributed by atoms with van der Waals surface area (Å²) in [6.07, 6.45) is 5.84.